The molecule has 0 radical (unpaired) electrons. The number of anilines is 1. The number of pyridine rings is 1. The number of hydrogen-bond acceptors (Lipinski definition) is 4. The van der Waals surface area contributed by atoms with Crippen LogP contribution < -0.4 is 5.32 Å². The Kier molecular flexibility index (Phi) is 4.07. The molecule has 2 aromatic heterocycles. The summed E-state index contributed by atoms with van der Waals surface area (Å²) in [4.78, 5) is 14.6. The molecule has 3 aromatic rings. The van der Waals surface area contributed by atoms with Gasteiger partial charge in [0.15, 0.2) is 0 Å². The zero-order valence-electron chi connectivity index (χ0n) is 13.0. The third-order valence-electron chi connectivity index (χ3n) is 3.71. The molecule has 2 heterocycles. The number of nitro groups is 1. The molecule has 0 saturated carbocycles. The number of hydrogen-bond donors (Lipinski definition) is 1. The number of alkyl halides is 3. The van der Waals surface area contributed by atoms with Gasteiger partial charge in [-0.15, -0.1) is 0 Å². The Morgan fingerprint density at radius 3 is 2.72 bits per heavy atom. The summed E-state index contributed by atoms with van der Waals surface area (Å²) in [5.74, 6) is 0. The molecule has 6 nitrogen and oxygen atoms in total. The minimum Gasteiger partial charge on any atom is -0.374 e. The number of nitrogens with one attached hydrogen (secondary N) is 1. The van der Waals surface area contributed by atoms with Crippen molar-refractivity contribution in [1.82, 2.24) is 9.38 Å². The Morgan fingerprint density at radius 1 is 1.32 bits per heavy atom. The summed E-state index contributed by atoms with van der Waals surface area (Å²) in [7, 11) is 0. The first-order valence-corrected chi connectivity index (χ1v) is 7.28. The lowest BCUT2D eigenvalue weighted by atomic mass is 10.1. The first-order valence-electron chi connectivity index (χ1n) is 7.28. The van der Waals surface area contributed by atoms with Crippen molar-refractivity contribution in [1.29, 1.82) is 0 Å². The maximum atomic E-state index is 12.7. The standard InChI is InChI=1S/C16H13F3N4O2/c1-10-3-2-6-22-9-12(21-15(10)22)8-20-13-5-4-11(16(17,18)19)7-14(13)23(24)25/h2-7,9,20H,8H2,1H3. The van der Waals surface area contributed by atoms with Gasteiger partial charge < -0.3 is 9.72 Å². The SMILES string of the molecule is Cc1cccn2cc(CNc3ccc(C(F)(F)F)cc3[N+](=O)[O-])nc12. The van der Waals surface area contributed by atoms with E-state index in [1.165, 1.54) is 0 Å². The van der Waals surface area contributed by atoms with Crippen molar-refractivity contribution in [2.75, 3.05) is 5.32 Å². The van der Waals surface area contributed by atoms with Crippen LogP contribution in [0.15, 0.2) is 42.7 Å². The van der Waals surface area contributed by atoms with Crippen LogP contribution in [0.4, 0.5) is 24.5 Å². The van der Waals surface area contributed by atoms with Crippen LogP contribution in [0.1, 0.15) is 16.8 Å². The molecule has 9 heteroatoms. The quantitative estimate of drug-likeness (QED) is 0.566. The van der Waals surface area contributed by atoms with E-state index in [2.05, 4.69) is 10.3 Å². The molecule has 0 aliphatic heterocycles. The maximum absolute atomic E-state index is 12.7. The van der Waals surface area contributed by atoms with Crippen molar-refractivity contribution in [3.63, 3.8) is 0 Å². The van der Waals surface area contributed by atoms with Crippen molar-refractivity contribution in [2.24, 2.45) is 0 Å². The Hall–Kier alpha value is -3.10. The number of aryl methyl sites for hydroxylation is 1. The molecule has 130 valence electrons. The van der Waals surface area contributed by atoms with Gasteiger partial charge in [-0.2, -0.15) is 13.2 Å². The number of rotatable bonds is 4. The van der Waals surface area contributed by atoms with Crippen LogP contribution in [0.2, 0.25) is 0 Å². The lowest BCUT2D eigenvalue weighted by molar-refractivity contribution is -0.384. The van der Waals surface area contributed by atoms with E-state index in [9.17, 15) is 23.3 Å². The van der Waals surface area contributed by atoms with Crippen LogP contribution in [-0.2, 0) is 12.7 Å². The Labute approximate surface area is 140 Å². The third-order valence-corrected chi connectivity index (χ3v) is 3.71. The van der Waals surface area contributed by atoms with Gasteiger partial charge in [0.1, 0.15) is 11.3 Å². The fourth-order valence-corrected chi connectivity index (χ4v) is 2.48. The highest BCUT2D eigenvalue weighted by molar-refractivity contribution is 5.63. The van der Waals surface area contributed by atoms with Crippen LogP contribution in [0.5, 0.6) is 0 Å². The van der Waals surface area contributed by atoms with Crippen molar-refractivity contribution >= 4 is 17.0 Å². The molecule has 0 aliphatic rings. The first kappa shape index (κ1) is 16.7. The molecule has 0 saturated heterocycles. The highest BCUT2D eigenvalue weighted by atomic mass is 19.4. The molecule has 0 unspecified atom stereocenters. The molecule has 0 bridgehead atoms. The van der Waals surface area contributed by atoms with E-state index in [1.54, 1.807) is 6.20 Å². The van der Waals surface area contributed by atoms with E-state index in [1.807, 2.05) is 29.7 Å². The van der Waals surface area contributed by atoms with Crippen LogP contribution in [0.25, 0.3) is 5.65 Å². The van der Waals surface area contributed by atoms with Gasteiger partial charge in [0.2, 0.25) is 0 Å². The highest BCUT2D eigenvalue weighted by Crippen LogP contribution is 2.35. The zero-order valence-corrected chi connectivity index (χ0v) is 13.0. The number of halogens is 3. The predicted molar refractivity (Wildman–Crippen MR) is 85.4 cm³/mol. The molecule has 1 aromatic carbocycles. The second kappa shape index (κ2) is 6.08. The highest BCUT2D eigenvalue weighted by Gasteiger charge is 2.33. The number of imidazole rings is 1. The molecule has 1 N–H and O–H groups in total. The van der Waals surface area contributed by atoms with E-state index >= 15 is 0 Å². The van der Waals surface area contributed by atoms with Crippen LogP contribution in [0, 0.1) is 17.0 Å². The number of nitro benzene ring substituents is 1. The number of nitrogens with zero attached hydrogens (tertiary/aromatic N) is 3. The summed E-state index contributed by atoms with van der Waals surface area (Å²) in [5, 5.41) is 13.9. The Morgan fingerprint density at radius 2 is 2.08 bits per heavy atom. The van der Waals surface area contributed by atoms with E-state index < -0.39 is 22.4 Å². The second-order valence-electron chi connectivity index (χ2n) is 5.49. The fraction of sp³-hybridized carbons (Fsp3) is 0.188. The van der Waals surface area contributed by atoms with Gasteiger partial charge in [0.05, 0.1) is 22.7 Å². The first-order chi connectivity index (χ1) is 11.8. The minimum absolute atomic E-state index is 0.00628. The van der Waals surface area contributed by atoms with Crippen molar-refractivity contribution in [2.45, 2.75) is 19.6 Å². The minimum atomic E-state index is -4.64. The van der Waals surface area contributed by atoms with E-state index in [0.717, 1.165) is 23.3 Å². The van der Waals surface area contributed by atoms with Gasteiger partial charge in [0, 0.05) is 18.5 Å². The Balaban J connectivity index is 1.86. The number of benzene rings is 1. The summed E-state index contributed by atoms with van der Waals surface area (Å²) in [6, 6.07) is 6.16. The van der Waals surface area contributed by atoms with Gasteiger partial charge in [-0.05, 0) is 30.7 Å². The van der Waals surface area contributed by atoms with Gasteiger partial charge in [0.25, 0.3) is 5.69 Å². The maximum Gasteiger partial charge on any atom is 0.416 e. The topological polar surface area (TPSA) is 72.5 Å². The second-order valence-corrected chi connectivity index (χ2v) is 5.49. The normalized spacial score (nSPS) is 11.7. The molecular formula is C16H13F3N4O2. The van der Waals surface area contributed by atoms with Crippen molar-refractivity contribution < 1.29 is 18.1 Å². The molecule has 0 atom stereocenters. The molecule has 0 amide bonds. The lowest BCUT2D eigenvalue weighted by Crippen LogP contribution is -2.08. The van der Waals surface area contributed by atoms with E-state index in [-0.39, 0.29) is 12.2 Å². The molecule has 25 heavy (non-hydrogen) atoms. The third kappa shape index (κ3) is 3.39. The molecular weight excluding hydrogens is 337 g/mol. The van der Waals surface area contributed by atoms with Crippen LogP contribution in [-0.4, -0.2) is 14.3 Å². The predicted octanol–water partition coefficient (Wildman–Crippen LogP) is 4.18. The zero-order chi connectivity index (χ0) is 18.2. The van der Waals surface area contributed by atoms with Gasteiger partial charge in [-0.3, -0.25) is 10.1 Å². The summed E-state index contributed by atoms with van der Waals surface area (Å²) < 4.78 is 40.0. The average molecular weight is 350 g/mol. The van der Waals surface area contributed by atoms with Gasteiger partial charge in [-0.25, -0.2) is 4.98 Å². The monoisotopic (exact) mass is 350 g/mol. The van der Waals surface area contributed by atoms with Crippen LogP contribution >= 0.6 is 0 Å². The summed E-state index contributed by atoms with van der Waals surface area (Å²) in [5.41, 5.74) is 0.647. The summed E-state index contributed by atoms with van der Waals surface area (Å²) >= 11 is 0. The molecule has 0 fully saturated rings. The van der Waals surface area contributed by atoms with Gasteiger partial charge >= 0.3 is 6.18 Å². The van der Waals surface area contributed by atoms with Crippen molar-refractivity contribution in [3.05, 3.63) is 69.7 Å². The number of aromatic nitrogens is 2. The van der Waals surface area contributed by atoms with Gasteiger partial charge in [-0.1, -0.05) is 6.07 Å². The van der Waals surface area contributed by atoms with Crippen molar-refractivity contribution in [3.8, 4) is 0 Å². The fourth-order valence-electron chi connectivity index (χ4n) is 2.48. The molecule has 3 rings (SSSR count). The largest absolute Gasteiger partial charge is 0.416 e. The summed E-state index contributed by atoms with van der Waals surface area (Å²) in [6.45, 7) is 2.05. The number of fused-ring (bicyclic) bond motifs is 1. The van der Waals surface area contributed by atoms with E-state index in [0.29, 0.717) is 11.8 Å². The smallest absolute Gasteiger partial charge is 0.374 e. The lowest BCUT2D eigenvalue weighted by Gasteiger charge is -2.09. The van der Waals surface area contributed by atoms with Crippen LogP contribution in [0.3, 0.4) is 0 Å². The summed E-state index contributed by atoms with van der Waals surface area (Å²) in [6.07, 6.45) is -1.06. The average Bonchev–Trinajstić information content (AvgIpc) is 2.96. The van der Waals surface area contributed by atoms with E-state index in [4.69, 9.17) is 0 Å². The molecule has 0 aliphatic carbocycles. The Bertz CT molecular complexity index is 950. The molecule has 0 spiro atoms.